The molecule has 6 nitrogen and oxygen atoms in total. The minimum Gasteiger partial charge on any atom is -0.548 e. The molecule has 1 fully saturated rings. The predicted molar refractivity (Wildman–Crippen MR) is 97.2 cm³/mol. The van der Waals surface area contributed by atoms with Crippen LogP contribution in [0.5, 0.6) is 11.5 Å². The van der Waals surface area contributed by atoms with Gasteiger partial charge in [-0.05, 0) is 23.8 Å². The molecule has 25 heavy (non-hydrogen) atoms. The van der Waals surface area contributed by atoms with Gasteiger partial charge in [0.1, 0.15) is 10.9 Å². The van der Waals surface area contributed by atoms with Crippen LogP contribution in [0, 0.1) is 12.3 Å². The number of carboxylic acid groups (broad SMARTS) is 1. The van der Waals surface area contributed by atoms with Crippen LogP contribution in [0.4, 0.5) is 0 Å². The summed E-state index contributed by atoms with van der Waals surface area (Å²) in [6.45, 7) is -0.567. The molecule has 1 aliphatic rings. The molecule has 0 atom stereocenters. The van der Waals surface area contributed by atoms with Crippen LogP contribution in [0.25, 0.3) is 6.08 Å². The molecule has 1 aromatic rings. The number of aliphatic carboxylic acids is 1. The first-order valence-electron chi connectivity index (χ1n) is 6.76. The summed E-state index contributed by atoms with van der Waals surface area (Å²) in [7, 11) is 1.44. The summed E-state index contributed by atoms with van der Waals surface area (Å²) < 4.78 is 10.7. The number of carboxylic acids is 1. The van der Waals surface area contributed by atoms with Crippen LogP contribution in [0.3, 0.4) is 0 Å². The van der Waals surface area contributed by atoms with Gasteiger partial charge < -0.3 is 19.4 Å². The van der Waals surface area contributed by atoms with Crippen molar-refractivity contribution in [2.75, 3.05) is 20.3 Å². The van der Waals surface area contributed by atoms with Crippen molar-refractivity contribution in [1.29, 1.82) is 0 Å². The molecule has 1 saturated heterocycles. The second kappa shape index (κ2) is 8.25. The van der Waals surface area contributed by atoms with E-state index in [1.165, 1.54) is 13.2 Å². The Labute approximate surface area is 158 Å². The molecule has 1 aromatic carbocycles. The molecule has 0 N–H and O–H groups in total. The minimum absolute atomic E-state index is 0.0251. The number of hydrogen-bond acceptors (Lipinski definition) is 7. The van der Waals surface area contributed by atoms with E-state index >= 15 is 0 Å². The van der Waals surface area contributed by atoms with Crippen molar-refractivity contribution in [2.24, 2.45) is 0 Å². The maximum absolute atomic E-state index is 12.3. The standard InChI is InChI=1S/C16H12ClNO5S2/c1-3-4-23-14-10(17)5-9(6-11(14)22-2)7-12-15(21)18(8-13(19)20)16(24)25-12/h1,5-7H,4,8H2,2H3,(H,19,20)/p-1/b12-7-. The molecule has 0 aromatic heterocycles. The van der Waals surface area contributed by atoms with Crippen LogP contribution >= 0.6 is 35.6 Å². The van der Waals surface area contributed by atoms with Gasteiger partial charge in [-0.2, -0.15) is 0 Å². The van der Waals surface area contributed by atoms with Crippen LogP contribution in [0.2, 0.25) is 5.02 Å². The molecule has 1 amide bonds. The number of nitrogens with zero attached hydrogens (tertiary/aromatic N) is 1. The zero-order valence-electron chi connectivity index (χ0n) is 12.9. The molecule has 0 aliphatic carbocycles. The third-order valence-electron chi connectivity index (χ3n) is 3.01. The van der Waals surface area contributed by atoms with E-state index in [0.717, 1.165) is 16.7 Å². The highest BCUT2D eigenvalue weighted by Crippen LogP contribution is 2.38. The molecule has 1 heterocycles. The highest BCUT2D eigenvalue weighted by atomic mass is 35.5. The number of thiocarbonyl (C=S) groups is 1. The zero-order valence-corrected chi connectivity index (χ0v) is 15.3. The monoisotopic (exact) mass is 396 g/mol. The molecule has 0 saturated carbocycles. The number of halogens is 1. The molecule has 1 aliphatic heterocycles. The largest absolute Gasteiger partial charge is 0.548 e. The van der Waals surface area contributed by atoms with E-state index in [2.05, 4.69) is 5.92 Å². The van der Waals surface area contributed by atoms with Gasteiger partial charge in [0.05, 0.1) is 29.6 Å². The molecular formula is C16H11ClNO5S2-. The Bertz CT molecular complexity index is 815. The van der Waals surface area contributed by atoms with Crippen molar-refractivity contribution in [2.45, 2.75) is 0 Å². The first-order valence-corrected chi connectivity index (χ1v) is 8.36. The number of methoxy groups -OCH3 is 1. The lowest BCUT2D eigenvalue weighted by Gasteiger charge is -2.14. The normalized spacial score (nSPS) is 15.4. The summed E-state index contributed by atoms with van der Waals surface area (Å²) in [5.74, 6) is 1.07. The Hall–Kier alpha value is -2.21. The van der Waals surface area contributed by atoms with Crippen molar-refractivity contribution < 1.29 is 24.2 Å². The van der Waals surface area contributed by atoms with Crippen LogP contribution in [0.15, 0.2) is 17.0 Å². The highest BCUT2D eigenvalue weighted by Gasteiger charge is 2.32. The van der Waals surface area contributed by atoms with E-state index in [0.29, 0.717) is 17.1 Å². The molecule has 0 spiro atoms. The fraction of sp³-hybridized carbons (Fsp3) is 0.188. The quantitative estimate of drug-likeness (QED) is 0.407. The van der Waals surface area contributed by atoms with Gasteiger partial charge in [0, 0.05) is 0 Å². The summed E-state index contributed by atoms with van der Waals surface area (Å²) in [6, 6.07) is 3.18. The Balaban J connectivity index is 2.34. The minimum atomic E-state index is -1.39. The second-order valence-corrected chi connectivity index (χ2v) is 6.75. The van der Waals surface area contributed by atoms with E-state index in [1.54, 1.807) is 12.1 Å². The van der Waals surface area contributed by atoms with Gasteiger partial charge in [0.2, 0.25) is 0 Å². The molecule has 2 rings (SSSR count). The third kappa shape index (κ3) is 4.45. The highest BCUT2D eigenvalue weighted by molar-refractivity contribution is 8.26. The van der Waals surface area contributed by atoms with Crippen LogP contribution in [0.1, 0.15) is 5.56 Å². The maximum Gasteiger partial charge on any atom is 0.266 e. The average molecular weight is 397 g/mol. The molecular weight excluding hydrogens is 386 g/mol. The van der Waals surface area contributed by atoms with Crippen molar-refractivity contribution in [3.63, 3.8) is 0 Å². The van der Waals surface area contributed by atoms with Gasteiger partial charge in [-0.3, -0.25) is 9.69 Å². The predicted octanol–water partition coefficient (Wildman–Crippen LogP) is 1.31. The Kier molecular flexibility index (Phi) is 6.31. The number of terminal acetylenes is 1. The van der Waals surface area contributed by atoms with Crippen molar-refractivity contribution in [1.82, 2.24) is 4.90 Å². The van der Waals surface area contributed by atoms with E-state index in [9.17, 15) is 14.7 Å². The fourth-order valence-electron chi connectivity index (χ4n) is 1.99. The summed E-state index contributed by atoms with van der Waals surface area (Å²) in [6.07, 6.45) is 6.70. The van der Waals surface area contributed by atoms with Gasteiger partial charge in [-0.25, -0.2) is 0 Å². The van der Waals surface area contributed by atoms with Crippen molar-refractivity contribution >= 4 is 57.9 Å². The Morgan fingerprint density at radius 3 is 2.88 bits per heavy atom. The second-order valence-electron chi connectivity index (χ2n) is 4.67. The number of amides is 1. The number of ether oxygens (including phenoxy) is 2. The number of benzene rings is 1. The Morgan fingerprint density at radius 1 is 1.56 bits per heavy atom. The van der Waals surface area contributed by atoms with Gasteiger partial charge >= 0.3 is 0 Å². The van der Waals surface area contributed by atoms with Crippen LogP contribution < -0.4 is 14.6 Å². The number of thioether (sulfide) groups is 1. The van der Waals surface area contributed by atoms with Crippen molar-refractivity contribution in [3.05, 3.63) is 27.6 Å². The Morgan fingerprint density at radius 2 is 2.28 bits per heavy atom. The van der Waals surface area contributed by atoms with E-state index in [-0.39, 0.29) is 20.9 Å². The van der Waals surface area contributed by atoms with Gasteiger partial charge in [0.25, 0.3) is 5.91 Å². The first-order chi connectivity index (χ1) is 11.9. The van der Waals surface area contributed by atoms with Crippen LogP contribution in [-0.2, 0) is 9.59 Å². The summed E-state index contributed by atoms with van der Waals surface area (Å²) in [5.41, 5.74) is 0.559. The number of hydrogen-bond donors (Lipinski definition) is 0. The van der Waals surface area contributed by atoms with E-state index in [4.69, 9.17) is 39.7 Å². The summed E-state index contributed by atoms with van der Waals surface area (Å²) in [5, 5.41) is 11.0. The lowest BCUT2D eigenvalue weighted by atomic mass is 10.1. The number of carbonyl (C=O) groups is 2. The van der Waals surface area contributed by atoms with Crippen LogP contribution in [-0.4, -0.2) is 41.4 Å². The number of carbonyl (C=O) groups excluding carboxylic acids is 2. The third-order valence-corrected chi connectivity index (χ3v) is 4.67. The molecule has 9 heteroatoms. The average Bonchev–Trinajstić information content (AvgIpc) is 2.80. The molecule has 130 valence electrons. The smallest absolute Gasteiger partial charge is 0.266 e. The van der Waals surface area contributed by atoms with E-state index in [1.807, 2.05) is 0 Å². The zero-order chi connectivity index (χ0) is 18.6. The molecule has 0 unspecified atom stereocenters. The summed E-state index contributed by atoms with van der Waals surface area (Å²) in [4.78, 5) is 24.2. The van der Waals surface area contributed by atoms with Gasteiger partial charge in [-0.15, -0.1) is 6.42 Å². The fourth-order valence-corrected chi connectivity index (χ4v) is 3.52. The first kappa shape index (κ1) is 19.1. The lowest BCUT2D eigenvalue weighted by Crippen LogP contribution is -2.40. The van der Waals surface area contributed by atoms with Crippen molar-refractivity contribution in [3.8, 4) is 23.8 Å². The van der Waals surface area contributed by atoms with E-state index < -0.39 is 18.4 Å². The lowest BCUT2D eigenvalue weighted by molar-refractivity contribution is -0.305. The topological polar surface area (TPSA) is 78.9 Å². The summed E-state index contributed by atoms with van der Waals surface area (Å²) >= 11 is 12.2. The molecule has 0 radical (unpaired) electrons. The maximum atomic E-state index is 12.3. The van der Waals surface area contributed by atoms with Gasteiger partial charge in [0.15, 0.2) is 11.5 Å². The SMILES string of the molecule is C#CCOc1c(Cl)cc(/C=C2\SC(=S)N(CC(=O)[O-])C2=O)cc1OC. The number of rotatable bonds is 6. The van der Waals surface area contributed by atoms with Gasteiger partial charge in [-0.1, -0.05) is 41.5 Å². The molecule has 0 bridgehead atoms.